The molecule has 0 saturated heterocycles. The van der Waals surface area contributed by atoms with Crippen molar-refractivity contribution in [3.05, 3.63) is 0 Å². The van der Waals surface area contributed by atoms with Crippen molar-refractivity contribution in [2.24, 2.45) is 0 Å². The van der Waals surface area contributed by atoms with E-state index in [1.165, 1.54) is 71.0 Å². The second-order valence-electron chi connectivity index (χ2n) is 5.80. The molecule has 110 valence electrons. The van der Waals surface area contributed by atoms with Gasteiger partial charge < -0.3 is 10.2 Å². The van der Waals surface area contributed by atoms with Crippen LogP contribution in [0, 0.1) is 0 Å². The molecule has 1 N–H and O–H groups in total. The molecule has 0 aliphatic rings. The Morgan fingerprint density at radius 3 is 2.00 bits per heavy atom. The molecular formula is C16H36N2. The highest BCUT2D eigenvalue weighted by atomic mass is 15.1. The normalized spacial score (nSPS) is 11.7. The summed E-state index contributed by atoms with van der Waals surface area (Å²) < 4.78 is 0. The van der Waals surface area contributed by atoms with Crippen molar-refractivity contribution in [3.8, 4) is 0 Å². The lowest BCUT2D eigenvalue weighted by Gasteiger charge is -2.20. The van der Waals surface area contributed by atoms with Gasteiger partial charge in [0.25, 0.3) is 0 Å². The molecule has 2 heteroatoms. The van der Waals surface area contributed by atoms with Crippen molar-refractivity contribution >= 4 is 0 Å². The molecule has 0 amide bonds. The molecule has 2 nitrogen and oxygen atoms in total. The Hall–Kier alpha value is -0.0800. The molecule has 0 saturated carbocycles. The van der Waals surface area contributed by atoms with E-state index in [0.717, 1.165) is 0 Å². The third kappa shape index (κ3) is 12.4. The smallest absolute Gasteiger partial charge is 0.00355 e. The third-order valence-electron chi connectivity index (χ3n) is 3.70. The van der Waals surface area contributed by atoms with Gasteiger partial charge in [0.1, 0.15) is 0 Å². The summed E-state index contributed by atoms with van der Waals surface area (Å²) >= 11 is 0. The van der Waals surface area contributed by atoms with E-state index in [2.05, 4.69) is 38.0 Å². The summed E-state index contributed by atoms with van der Waals surface area (Å²) in [7, 11) is 2.22. The SMILES string of the molecule is CCCCCCCCNCCCCN(C)C(C)C. The standard InChI is InChI=1S/C16H36N2/c1-5-6-7-8-9-10-13-17-14-11-12-15-18(4)16(2)3/h16-17H,5-15H2,1-4H3. The number of unbranched alkanes of at least 4 members (excludes halogenated alkanes) is 6. The zero-order valence-electron chi connectivity index (χ0n) is 13.3. The summed E-state index contributed by atoms with van der Waals surface area (Å²) in [6, 6.07) is 0.682. The van der Waals surface area contributed by atoms with Crippen LogP contribution in [0.25, 0.3) is 0 Å². The zero-order valence-corrected chi connectivity index (χ0v) is 13.3. The summed E-state index contributed by atoms with van der Waals surface area (Å²) in [4.78, 5) is 2.42. The first-order valence-electron chi connectivity index (χ1n) is 8.09. The minimum Gasteiger partial charge on any atom is -0.317 e. The Bertz CT molecular complexity index is 157. The Morgan fingerprint density at radius 2 is 1.39 bits per heavy atom. The maximum absolute atomic E-state index is 3.56. The molecule has 0 aromatic carbocycles. The van der Waals surface area contributed by atoms with E-state index in [9.17, 15) is 0 Å². The van der Waals surface area contributed by atoms with Gasteiger partial charge in [-0.3, -0.25) is 0 Å². The number of nitrogens with one attached hydrogen (secondary N) is 1. The second-order valence-corrected chi connectivity index (χ2v) is 5.80. The molecule has 0 unspecified atom stereocenters. The van der Waals surface area contributed by atoms with Gasteiger partial charge in [0.05, 0.1) is 0 Å². The van der Waals surface area contributed by atoms with Crippen LogP contribution >= 0.6 is 0 Å². The van der Waals surface area contributed by atoms with Crippen molar-refractivity contribution in [1.82, 2.24) is 10.2 Å². The Kier molecular flexibility index (Phi) is 13.3. The van der Waals surface area contributed by atoms with Crippen molar-refractivity contribution in [1.29, 1.82) is 0 Å². The van der Waals surface area contributed by atoms with Gasteiger partial charge in [-0.25, -0.2) is 0 Å². The lowest BCUT2D eigenvalue weighted by Crippen LogP contribution is -2.28. The van der Waals surface area contributed by atoms with Crippen LogP contribution in [0.1, 0.15) is 72.1 Å². The Labute approximate surface area is 116 Å². The quantitative estimate of drug-likeness (QED) is 0.500. The molecule has 0 rings (SSSR count). The average Bonchev–Trinajstić information content (AvgIpc) is 2.35. The fourth-order valence-electron chi connectivity index (χ4n) is 2.02. The van der Waals surface area contributed by atoms with E-state index in [4.69, 9.17) is 0 Å². The molecule has 0 fully saturated rings. The van der Waals surface area contributed by atoms with E-state index in [1.54, 1.807) is 0 Å². The van der Waals surface area contributed by atoms with Crippen LogP contribution in [0.3, 0.4) is 0 Å². The fourth-order valence-corrected chi connectivity index (χ4v) is 2.02. The molecule has 0 bridgehead atoms. The van der Waals surface area contributed by atoms with Crippen molar-refractivity contribution < 1.29 is 0 Å². The molecule has 18 heavy (non-hydrogen) atoms. The summed E-state index contributed by atoms with van der Waals surface area (Å²) in [5.41, 5.74) is 0. The van der Waals surface area contributed by atoms with Crippen LogP contribution in [0.5, 0.6) is 0 Å². The molecule has 0 radical (unpaired) electrons. The molecule has 0 aromatic heterocycles. The predicted octanol–water partition coefficient (Wildman–Crippen LogP) is 4.06. The van der Waals surface area contributed by atoms with E-state index in [1.807, 2.05) is 0 Å². The second kappa shape index (κ2) is 13.4. The first-order chi connectivity index (χ1) is 8.68. The number of nitrogens with zero attached hydrogens (tertiary/aromatic N) is 1. The number of hydrogen-bond donors (Lipinski definition) is 1. The van der Waals surface area contributed by atoms with E-state index < -0.39 is 0 Å². The largest absolute Gasteiger partial charge is 0.317 e. The van der Waals surface area contributed by atoms with Gasteiger partial charge in [-0.1, -0.05) is 39.0 Å². The van der Waals surface area contributed by atoms with Crippen LogP contribution in [-0.2, 0) is 0 Å². The molecule has 0 aliphatic heterocycles. The molecular weight excluding hydrogens is 220 g/mol. The molecule has 0 aromatic rings. The van der Waals surface area contributed by atoms with Gasteiger partial charge in [-0.2, -0.15) is 0 Å². The summed E-state index contributed by atoms with van der Waals surface area (Å²) in [6.45, 7) is 10.4. The monoisotopic (exact) mass is 256 g/mol. The fraction of sp³-hybridized carbons (Fsp3) is 1.00. The highest BCUT2D eigenvalue weighted by Gasteiger charge is 2.01. The van der Waals surface area contributed by atoms with Crippen LogP contribution in [0.4, 0.5) is 0 Å². The Morgan fingerprint density at radius 1 is 0.833 bits per heavy atom. The third-order valence-corrected chi connectivity index (χ3v) is 3.70. The van der Waals surface area contributed by atoms with Crippen molar-refractivity contribution in [2.45, 2.75) is 78.2 Å². The maximum atomic E-state index is 3.56. The molecule has 0 atom stereocenters. The number of rotatable bonds is 13. The van der Waals surface area contributed by atoms with Gasteiger partial charge in [-0.05, 0) is 59.8 Å². The molecule has 0 aliphatic carbocycles. The Balaban J connectivity index is 3.03. The summed E-state index contributed by atoms with van der Waals surface area (Å²) in [5, 5.41) is 3.56. The van der Waals surface area contributed by atoms with Crippen LogP contribution < -0.4 is 5.32 Å². The van der Waals surface area contributed by atoms with Crippen molar-refractivity contribution in [3.63, 3.8) is 0 Å². The minimum absolute atomic E-state index is 0.682. The lowest BCUT2D eigenvalue weighted by molar-refractivity contribution is 0.268. The van der Waals surface area contributed by atoms with Crippen LogP contribution in [0.2, 0.25) is 0 Å². The average molecular weight is 256 g/mol. The highest BCUT2D eigenvalue weighted by molar-refractivity contribution is 4.58. The number of hydrogen-bond acceptors (Lipinski definition) is 2. The van der Waals surface area contributed by atoms with Crippen molar-refractivity contribution in [2.75, 3.05) is 26.7 Å². The minimum atomic E-state index is 0.682. The van der Waals surface area contributed by atoms with Crippen LogP contribution in [0.15, 0.2) is 0 Å². The van der Waals surface area contributed by atoms with Gasteiger partial charge in [0, 0.05) is 6.04 Å². The van der Waals surface area contributed by atoms with Gasteiger partial charge >= 0.3 is 0 Å². The molecule has 0 heterocycles. The predicted molar refractivity (Wildman–Crippen MR) is 83.2 cm³/mol. The van der Waals surface area contributed by atoms with Gasteiger partial charge in [0.15, 0.2) is 0 Å². The van der Waals surface area contributed by atoms with E-state index >= 15 is 0 Å². The van der Waals surface area contributed by atoms with Gasteiger partial charge in [-0.15, -0.1) is 0 Å². The summed E-state index contributed by atoms with van der Waals surface area (Å²) in [5.74, 6) is 0. The van der Waals surface area contributed by atoms with Gasteiger partial charge in [0.2, 0.25) is 0 Å². The lowest BCUT2D eigenvalue weighted by atomic mass is 10.1. The topological polar surface area (TPSA) is 15.3 Å². The zero-order chi connectivity index (χ0) is 13.6. The summed E-state index contributed by atoms with van der Waals surface area (Å²) in [6.07, 6.45) is 11.0. The first-order valence-corrected chi connectivity index (χ1v) is 8.09. The first kappa shape index (κ1) is 17.9. The maximum Gasteiger partial charge on any atom is 0.00355 e. The molecule has 0 spiro atoms. The van der Waals surface area contributed by atoms with Crippen LogP contribution in [-0.4, -0.2) is 37.6 Å². The highest BCUT2D eigenvalue weighted by Crippen LogP contribution is 2.04. The van der Waals surface area contributed by atoms with E-state index in [0.29, 0.717) is 6.04 Å². The van der Waals surface area contributed by atoms with E-state index in [-0.39, 0.29) is 0 Å².